The summed E-state index contributed by atoms with van der Waals surface area (Å²) >= 11 is 5.30. The highest BCUT2D eigenvalue weighted by atomic mass is 32.1. The third-order valence-corrected chi connectivity index (χ3v) is 5.65. The van der Waals surface area contributed by atoms with Crippen LogP contribution in [-0.4, -0.2) is 37.6 Å². The second kappa shape index (κ2) is 8.43. The molecule has 1 atom stereocenters. The molecule has 0 radical (unpaired) electrons. The van der Waals surface area contributed by atoms with Crippen molar-refractivity contribution in [1.82, 2.24) is 30.4 Å². The summed E-state index contributed by atoms with van der Waals surface area (Å²) in [7, 11) is 0. The molecule has 0 aliphatic heterocycles. The summed E-state index contributed by atoms with van der Waals surface area (Å²) in [6.45, 7) is 3.87. The summed E-state index contributed by atoms with van der Waals surface area (Å²) < 4.78 is 2.54. The number of carbonyl (C=O) groups excluding carboxylic acids is 2. The first-order valence-corrected chi connectivity index (χ1v) is 10.6. The number of aromatic amines is 2. The van der Waals surface area contributed by atoms with Crippen molar-refractivity contribution in [2.24, 2.45) is 5.92 Å². The molecule has 0 spiro atoms. The van der Waals surface area contributed by atoms with E-state index < -0.39 is 6.04 Å². The van der Waals surface area contributed by atoms with Crippen LogP contribution in [0.1, 0.15) is 44.1 Å². The summed E-state index contributed by atoms with van der Waals surface area (Å²) in [4.78, 5) is 28.6. The summed E-state index contributed by atoms with van der Waals surface area (Å²) in [6, 6.07) is 7.60. The molecule has 1 aliphatic rings. The maximum atomic E-state index is 13.0. The van der Waals surface area contributed by atoms with E-state index in [1.807, 2.05) is 48.9 Å². The van der Waals surface area contributed by atoms with Gasteiger partial charge in [-0.1, -0.05) is 32.0 Å². The van der Waals surface area contributed by atoms with Crippen molar-refractivity contribution in [1.29, 1.82) is 0 Å². The molecule has 4 N–H and O–H groups in total. The molecule has 1 fully saturated rings. The van der Waals surface area contributed by atoms with Gasteiger partial charge in [0.2, 0.25) is 11.8 Å². The lowest BCUT2D eigenvalue weighted by Crippen LogP contribution is -2.49. The molecule has 4 rings (SSSR count). The van der Waals surface area contributed by atoms with Crippen molar-refractivity contribution in [2.45, 2.75) is 51.7 Å². The molecule has 158 valence electrons. The van der Waals surface area contributed by atoms with E-state index in [9.17, 15) is 9.59 Å². The van der Waals surface area contributed by atoms with Gasteiger partial charge in [0.1, 0.15) is 6.04 Å². The number of nitrogens with zero attached hydrogens (tertiary/aromatic N) is 2. The Morgan fingerprint density at radius 2 is 2.03 bits per heavy atom. The number of hydrogen-bond donors (Lipinski definition) is 4. The van der Waals surface area contributed by atoms with Crippen molar-refractivity contribution in [3.05, 3.63) is 46.6 Å². The lowest BCUT2D eigenvalue weighted by atomic mass is 10.0. The van der Waals surface area contributed by atoms with Crippen LogP contribution in [0.4, 0.5) is 0 Å². The van der Waals surface area contributed by atoms with E-state index in [1.54, 1.807) is 0 Å². The van der Waals surface area contributed by atoms with E-state index >= 15 is 0 Å². The molecule has 0 saturated heterocycles. The molecular weight excluding hydrogens is 400 g/mol. The Morgan fingerprint density at radius 1 is 1.27 bits per heavy atom. The number of fused-ring (bicyclic) bond motifs is 1. The Hall–Kier alpha value is -2.94. The molecule has 1 aliphatic carbocycles. The van der Waals surface area contributed by atoms with Gasteiger partial charge in [-0.05, 0) is 36.7 Å². The van der Waals surface area contributed by atoms with E-state index in [1.165, 1.54) is 0 Å². The Bertz CT molecular complexity index is 1120. The lowest BCUT2D eigenvalue weighted by molar-refractivity contribution is -0.130. The number of benzene rings is 1. The van der Waals surface area contributed by atoms with Gasteiger partial charge < -0.3 is 15.6 Å². The smallest absolute Gasteiger partial charge is 0.243 e. The monoisotopic (exact) mass is 426 g/mol. The van der Waals surface area contributed by atoms with Crippen LogP contribution >= 0.6 is 12.2 Å². The second-order valence-corrected chi connectivity index (χ2v) is 8.43. The van der Waals surface area contributed by atoms with Gasteiger partial charge in [-0.3, -0.25) is 19.3 Å². The minimum absolute atomic E-state index is 0.157. The number of hydrogen-bond acceptors (Lipinski definition) is 4. The Morgan fingerprint density at radius 3 is 2.77 bits per heavy atom. The topological polar surface area (TPSA) is 108 Å². The highest BCUT2D eigenvalue weighted by molar-refractivity contribution is 7.71. The van der Waals surface area contributed by atoms with Crippen molar-refractivity contribution in [3.8, 4) is 0 Å². The number of para-hydroxylation sites is 1. The van der Waals surface area contributed by atoms with E-state index in [-0.39, 0.29) is 24.3 Å². The molecule has 1 aromatic carbocycles. The van der Waals surface area contributed by atoms with Crippen LogP contribution in [0.15, 0.2) is 30.5 Å². The molecule has 1 saturated carbocycles. The zero-order valence-corrected chi connectivity index (χ0v) is 17.9. The summed E-state index contributed by atoms with van der Waals surface area (Å²) in [5, 5.41) is 13.9. The van der Waals surface area contributed by atoms with Gasteiger partial charge in [-0.2, -0.15) is 5.10 Å². The number of H-pyrrole nitrogens is 2. The van der Waals surface area contributed by atoms with Crippen LogP contribution < -0.4 is 10.6 Å². The number of carbonyl (C=O) groups is 2. The van der Waals surface area contributed by atoms with E-state index in [4.69, 9.17) is 12.2 Å². The van der Waals surface area contributed by atoms with Crippen molar-refractivity contribution in [3.63, 3.8) is 0 Å². The third-order valence-electron chi connectivity index (χ3n) is 5.37. The number of rotatable bonds is 8. The van der Waals surface area contributed by atoms with Gasteiger partial charge in [0.25, 0.3) is 0 Å². The van der Waals surface area contributed by atoms with E-state index in [2.05, 4.69) is 25.8 Å². The molecule has 2 amide bonds. The summed E-state index contributed by atoms with van der Waals surface area (Å²) in [5.74, 6) is 0.0903. The number of nitrogens with one attached hydrogen (secondary N) is 4. The van der Waals surface area contributed by atoms with Crippen LogP contribution in [0.3, 0.4) is 0 Å². The first kappa shape index (κ1) is 20.3. The summed E-state index contributed by atoms with van der Waals surface area (Å²) in [5.41, 5.74) is 1.98. The molecule has 1 unspecified atom stereocenters. The highest BCUT2D eigenvalue weighted by Crippen LogP contribution is 2.35. The fraction of sp³-hybridized carbons (Fsp3) is 0.429. The third kappa shape index (κ3) is 4.30. The first-order chi connectivity index (χ1) is 14.4. The molecule has 8 nitrogen and oxygen atoms in total. The Balaban J connectivity index is 1.50. The summed E-state index contributed by atoms with van der Waals surface area (Å²) in [6.07, 6.45) is 4.43. The van der Waals surface area contributed by atoms with Gasteiger partial charge in [0, 0.05) is 35.5 Å². The van der Waals surface area contributed by atoms with Crippen LogP contribution in [0.25, 0.3) is 10.9 Å². The van der Waals surface area contributed by atoms with Crippen LogP contribution in [0, 0.1) is 10.7 Å². The fourth-order valence-electron chi connectivity index (χ4n) is 3.53. The Kier molecular flexibility index (Phi) is 5.72. The number of aromatic nitrogens is 4. The fourth-order valence-corrected chi connectivity index (χ4v) is 3.83. The van der Waals surface area contributed by atoms with E-state index in [0.29, 0.717) is 23.1 Å². The zero-order valence-electron chi connectivity index (χ0n) is 17.1. The molecule has 30 heavy (non-hydrogen) atoms. The van der Waals surface area contributed by atoms with Crippen molar-refractivity contribution in [2.75, 3.05) is 0 Å². The maximum absolute atomic E-state index is 13.0. The number of amides is 2. The highest BCUT2D eigenvalue weighted by Gasteiger charge is 2.28. The largest absolute Gasteiger partial charge is 0.361 e. The molecular formula is C21H26N6O2S. The van der Waals surface area contributed by atoms with Crippen molar-refractivity contribution >= 4 is 34.9 Å². The van der Waals surface area contributed by atoms with Gasteiger partial charge >= 0.3 is 0 Å². The Labute approximate surface area is 179 Å². The van der Waals surface area contributed by atoms with Gasteiger partial charge in [-0.15, -0.1) is 0 Å². The molecule has 3 aromatic rings. The zero-order chi connectivity index (χ0) is 21.3. The molecule has 0 bridgehead atoms. The molecule has 2 heterocycles. The second-order valence-electron chi connectivity index (χ2n) is 8.04. The lowest BCUT2D eigenvalue weighted by Gasteiger charge is -2.19. The van der Waals surface area contributed by atoms with Gasteiger partial charge in [0.15, 0.2) is 10.6 Å². The normalized spacial score (nSPS) is 14.8. The predicted octanol–water partition coefficient (Wildman–Crippen LogP) is 2.76. The average Bonchev–Trinajstić information content (AvgIpc) is 3.38. The minimum Gasteiger partial charge on any atom is -0.361 e. The average molecular weight is 427 g/mol. The standard InChI is InChI=1S/C21H26N6O2S/c1-12(2)19(28)24-17(9-13-10-22-16-6-4-3-5-15(13)16)20(29)23-11-18-25-26-21(30)27(18)14-7-8-14/h3-6,10,12,14,17,22H,7-9,11H2,1-2H3,(H,23,29)(H,24,28)(H,26,30). The van der Waals surface area contributed by atoms with Gasteiger partial charge in [-0.25, -0.2) is 0 Å². The molecule has 9 heteroatoms. The van der Waals surface area contributed by atoms with Crippen molar-refractivity contribution < 1.29 is 9.59 Å². The van der Waals surface area contributed by atoms with E-state index in [0.717, 1.165) is 29.3 Å². The SMILES string of the molecule is CC(C)C(=O)NC(Cc1c[nH]c2ccccc12)C(=O)NCc1n[nH]c(=S)n1C1CC1. The van der Waals surface area contributed by atoms with Crippen LogP contribution in [0.5, 0.6) is 0 Å². The predicted molar refractivity (Wildman–Crippen MR) is 116 cm³/mol. The maximum Gasteiger partial charge on any atom is 0.243 e. The minimum atomic E-state index is -0.685. The quantitative estimate of drug-likeness (QED) is 0.415. The van der Waals surface area contributed by atoms with Gasteiger partial charge in [0.05, 0.1) is 6.54 Å². The van der Waals surface area contributed by atoms with Crippen LogP contribution in [-0.2, 0) is 22.6 Å². The first-order valence-electron chi connectivity index (χ1n) is 10.2. The molecule has 2 aromatic heterocycles. The van der Waals surface area contributed by atoms with Crippen LogP contribution in [0.2, 0.25) is 0 Å².